The van der Waals surface area contributed by atoms with Gasteiger partial charge >= 0.3 is 0 Å². The standard InChI is InChI=1S/C31H28N4O5S/c1-39-27-13-6-10-22(29(27)40-2)18-26(35-30(37)21-8-4-3-5-9-21)31(38)34-24-11-7-12-25(19-24)41-20-28(36)33-23-14-16-32-17-15-23/h3-19H,20H2,1-2H3,(H,34,38)(H,35,37)(H,32,33,36)/b26-18+. The molecule has 0 aliphatic rings. The Morgan fingerprint density at radius 2 is 1.59 bits per heavy atom. The molecule has 0 aliphatic carbocycles. The van der Waals surface area contributed by atoms with Crippen LogP contribution in [0.3, 0.4) is 0 Å². The van der Waals surface area contributed by atoms with Gasteiger partial charge in [0.25, 0.3) is 11.8 Å². The highest BCUT2D eigenvalue weighted by molar-refractivity contribution is 8.00. The first kappa shape index (κ1) is 28.9. The molecule has 4 aromatic rings. The lowest BCUT2D eigenvalue weighted by Gasteiger charge is -2.14. The summed E-state index contributed by atoms with van der Waals surface area (Å²) in [5.41, 5.74) is 2.09. The molecule has 3 N–H and O–H groups in total. The van der Waals surface area contributed by atoms with Crippen molar-refractivity contribution in [3.05, 3.63) is 114 Å². The Morgan fingerprint density at radius 3 is 2.32 bits per heavy atom. The van der Waals surface area contributed by atoms with Gasteiger partial charge in [-0.25, -0.2) is 0 Å². The van der Waals surface area contributed by atoms with Crippen molar-refractivity contribution >= 4 is 46.9 Å². The first-order valence-corrected chi connectivity index (χ1v) is 13.5. The van der Waals surface area contributed by atoms with Gasteiger partial charge in [-0.15, -0.1) is 11.8 Å². The summed E-state index contributed by atoms with van der Waals surface area (Å²) in [5, 5.41) is 8.37. The van der Waals surface area contributed by atoms with E-state index >= 15 is 0 Å². The van der Waals surface area contributed by atoms with Gasteiger partial charge in [-0.1, -0.05) is 36.4 Å². The molecule has 0 atom stereocenters. The molecule has 1 heterocycles. The molecule has 41 heavy (non-hydrogen) atoms. The number of benzene rings is 3. The molecule has 0 aliphatic heterocycles. The van der Waals surface area contributed by atoms with E-state index in [1.165, 1.54) is 32.1 Å². The zero-order valence-electron chi connectivity index (χ0n) is 22.4. The Hall–Kier alpha value is -5.09. The normalized spacial score (nSPS) is 10.8. The minimum absolute atomic E-state index is 0.000177. The number of pyridine rings is 1. The molecular weight excluding hydrogens is 540 g/mol. The molecule has 0 bridgehead atoms. The van der Waals surface area contributed by atoms with E-state index in [-0.39, 0.29) is 17.4 Å². The van der Waals surface area contributed by atoms with Gasteiger partial charge < -0.3 is 25.4 Å². The topological polar surface area (TPSA) is 119 Å². The molecule has 0 unspecified atom stereocenters. The van der Waals surface area contributed by atoms with E-state index in [0.29, 0.717) is 34.0 Å². The molecule has 3 aromatic carbocycles. The number of amides is 3. The van der Waals surface area contributed by atoms with Crippen molar-refractivity contribution in [3.8, 4) is 11.5 Å². The molecular formula is C31H28N4O5S. The van der Waals surface area contributed by atoms with E-state index in [1.807, 2.05) is 6.07 Å². The van der Waals surface area contributed by atoms with Crippen molar-refractivity contribution in [1.82, 2.24) is 10.3 Å². The van der Waals surface area contributed by atoms with Crippen molar-refractivity contribution in [3.63, 3.8) is 0 Å². The number of hydrogen-bond acceptors (Lipinski definition) is 7. The zero-order chi connectivity index (χ0) is 29.0. The van der Waals surface area contributed by atoms with Crippen LogP contribution in [0.4, 0.5) is 11.4 Å². The second-order valence-electron chi connectivity index (χ2n) is 8.52. The summed E-state index contributed by atoms with van der Waals surface area (Å²) in [7, 11) is 3.02. The van der Waals surface area contributed by atoms with Crippen molar-refractivity contribution < 1.29 is 23.9 Å². The van der Waals surface area contributed by atoms with Crippen LogP contribution < -0.4 is 25.4 Å². The van der Waals surface area contributed by atoms with E-state index < -0.39 is 11.8 Å². The van der Waals surface area contributed by atoms with Gasteiger partial charge in [0, 0.05) is 39.8 Å². The van der Waals surface area contributed by atoms with Gasteiger partial charge in [-0.3, -0.25) is 19.4 Å². The van der Waals surface area contributed by atoms with Crippen LogP contribution in [0.1, 0.15) is 15.9 Å². The number of para-hydroxylation sites is 1. The maximum atomic E-state index is 13.5. The van der Waals surface area contributed by atoms with Gasteiger partial charge in [0.2, 0.25) is 5.91 Å². The number of nitrogens with one attached hydrogen (secondary N) is 3. The highest BCUT2D eigenvalue weighted by Gasteiger charge is 2.17. The Balaban J connectivity index is 1.52. The van der Waals surface area contributed by atoms with E-state index in [2.05, 4.69) is 20.9 Å². The summed E-state index contributed by atoms with van der Waals surface area (Å²) >= 11 is 1.32. The Bertz CT molecular complexity index is 1540. The number of hydrogen-bond donors (Lipinski definition) is 3. The molecule has 0 saturated carbocycles. The number of nitrogens with zero attached hydrogens (tertiary/aromatic N) is 1. The fraction of sp³-hybridized carbons (Fsp3) is 0.0968. The third kappa shape index (κ3) is 8.20. The van der Waals surface area contributed by atoms with Crippen LogP contribution in [0.2, 0.25) is 0 Å². The van der Waals surface area contributed by atoms with E-state index in [4.69, 9.17) is 9.47 Å². The smallest absolute Gasteiger partial charge is 0.272 e. The van der Waals surface area contributed by atoms with Crippen LogP contribution >= 0.6 is 11.8 Å². The Labute approximate surface area is 242 Å². The number of ether oxygens (including phenoxy) is 2. The average Bonchev–Trinajstić information content (AvgIpc) is 3.00. The molecule has 0 fully saturated rings. The molecule has 0 saturated heterocycles. The first-order chi connectivity index (χ1) is 20.0. The fourth-order valence-corrected chi connectivity index (χ4v) is 4.52. The monoisotopic (exact) mass is 568 g/mol. The maximum absolute atomic E-state index is 13.5. The molecule has 1 aromatic heterocycles. The van der Waals surface area contributed by atoms with Crippen LogP contribution in [0.25, 0.3) is 6.08 Å². The summed E-state index contributed by atoms with van der Waals surface area (Å²) in [4.78, 5) is 43.5. The summed E-state index contributed by atoms with van der Waals surface area (Å²) in [6, 6.07) is 24.3. The first-order valence-electron chi connectivity index (χ1n) is 12.5. The second kappa shape index (κ2) is 14.3. The van der Waals surface area contributed by atoms with Gasteiger partial charge in [0.1, 0.15) is 5.70 Å². The van der Waals surface area contributed by atoms with Crippen LogP contribution in [-0.2, 0) is 9.59 Å². The Kier molecular flexibility index (Phi) is 10.1. The number of thioether (sulfide) groups is 1. The molecule has 0 spiro atoms. The largest absolute Gasteiger partial charge is 0.493 e. The van der Waals surface area contributed by atoms with Crippen molar-refractivity contribution in [2.24, 2.45) is 0 Å². The average molecular weight is 569 g/mol. The number of carbonyl (C=O) groups excluding carboxylic acids is 3. The number of anilines is 2. The summed E-state index contributed by atoms with van der Waals surface area (Å²) in [6.07, 6.45) is 4.73. The molecule has 4 rings (SSSR count). The van der Waals surface area contributed by atoms with Crippen molar-refractivity contribution in [1.29, 1.82) is 0 Å². The highest BCUT2D eigenvalue weighted by atomic mass is 32.2. The third-order valence-corrected chi connectivity index (χ3v) is 6.68. The minimum atomic E-state index is -0.545. The number of carbonyl (C=O) groups is 3. The molecule has 10 heteroatoms. The predicted molar refractivity (Wildman–Crippen MR) is 160 cm³/mol. The number of methoxy groups -OCH3 is 2. The lowest BCUT2D eigenvalue weighted by molar-refractivity contribution is -0.114. The van der Waals surface area contributed by atoms with Crippen LogP contribution in [-0.4, -0.2) is 42.7 Å². The summed E-state index contributed by atoms with van der Waals surface area (Å²) in [6.45, 7) is 0. The molecule has 0 radical (unpaired) electrons. The van der Waals surface area contributed by atoms with Gasteiger partial charge in [0.05, 0.1) is 20.0 Å². The molecule has 3 amide bonds. The lowest BCUT2D eigenvalue weighted by Crippen LogP contribution is -2.30. The van der Waals surface area contributed by atoms with E-state index in [0.717, 1.165) is 4.90 Å². The maximum Gasteiger partial charge on any atom is 0.272 e. The molecule has 208 valence electrons. The highest BCUT2D eigenvalue weighted by Crippen LogP contribution is 2.32. The number of aromatic nitrogens is 1. The third-order valence-electron chi connectivity index (χ3n) is 5.69. The minimum Gasteiger partial charge on any atom is -0.493 e. The Morgan fingerprint density at radius 1 is 0.829 bits per heavy atom. The van der Waals surface area contributed by atoms with Gasteiger partial charge in [-0.05, 0) is 54.6 Å². The van der Waals surface area contributed by atoms with Gasteiger partial charge in [0.15, 0.2) is 11.5 Å². The SMILES string of the molecule is COc1cccc(/C=C(/NC(=O)c2ccccc2)C(=O)Nc2cccc(SCC(=O)Nc3ccncc3)c2)c1OC. The van der Waals surface area contributed by atoms with Crippen molar-refractivity contribution in [2.75, 3.05) is 30.6 Å². The summed E-state index contributed by atoms with van der Waals surface area (Å²) in [5.74, 6) is -0.0918. The quantitative estimate of drug-likeness (QED) is 0.167. The second-order valence-corrected chi connectivity index (χ2v) is 9.56. The number of rotatable bonds is 11. The predicted octanol–water partition coefficient (Wildman–Crippen LogP) is 5.24. The fourth-order valence-electron chi connectivity index (χ4n) is 3.77. The zero-order valence-corrected chi connectivity index (χ0v) is 23.2. The van der Waals surface area contributed by atoms with Crippen LogP contribution in [0.15, 0.2) is 108 Å². The van der Waals surface area contributed by atoms with Gasteiger partial charge in [-0.2, -0.15) is 0 Å². The van der Waals surface area contributed by atoms with Crippen LogP contribution in [0, 0.1) is 0 Å². The van der Waals surface area contributed by atoms with Crippen molar-refractivity contribution in [2.45, 2.75) is 4.90 Å². The van der Waals surface area contributed by atoms with E-state index in [1.54, 1.807) is 91.3 Å². The molecule has 9 nitrogen and oxygen atoms in total. The summed E-state index contributed by atoms with van der Waals surface area (Å²) < 4.78 is 10.9. The van der Waals surface area contributed by atoms with E-state index in [9.17, 15) is 14.4 Å². The van der Waals surface area contributed by atoms with Crippen LogP contribution in [0.5, 0.6) is 11.5 Å². The lowest BCUT2D eigenvalue weighted by atomic mass is 10.1.